The number of rotatable bonds is 9. The van der Waals surface area contributed by atoms with Gasteiger partial charge in [0.15, 0.2) is 23.0 Å². The van der Waals surface area contributed by atoms with E-state index in [2.05, 4.69) is 35.3 Å². The van der Waals surface area contributed by atoms with E-state index in [9.17, 15) is 20.4 Å². The van der Waals surface area contributed by atoms with E-state index in [-0.39, 0.29) is 70.9 Å². The van der Waals surface area contributed by atoms with Crippen molar-refractivity contribution >= 4 is 41.4 Å². The van der Waals surface area contributed by atoms with Crippen LogP contribution in [0.2, 0.25) is 0 Å². The van der Waals surface area contributed by atoms with Gasteiger partial charge in [-0.15, -0.1) is 0 Å². The topological polar surface area (TPSA) is 209 Å². The van der Waals surface area contributed by atoms with Crippen molar-refractivity contribution in [2.24, 2.45) is 0 Å². The molecule has 40 heavy (non-hydrogen) atoms. The highest BCUT2D eigenvalue weighted by Crippen LogP contribution is 2.37. The number of benzene rings is 2. The zero-order chi connectivity index (χ0) is 29.1. The number of phenols is 4. The first-order valence-electron chi connectivity index (χ1n) is 11.9. The molecule has 2 aromatic carbocycles. The molecule has 210 valence electrons. The third kappa shape index (κ3) is 5.79. The Bertz CT molecular complexity index is 1520. The van der Waals surface area contributed by atoms with Crippen molar-refractivity contribution in [1.29, 1.82) is 0 Å². The van der Waals surface area contributed by atoms with Gasteiger partial charge < -0.3 is 40.9 Å². The van der Waals surface area contributed by atoms with Gasteiger partial charge in [0.1, 0.15) is 0 Å². The Hall–Kier alpha value is -5.54. The van der Waals surface area contributed by atoms with Crippen LogP contribution in [-0.4, -0.2) is 85.6 Å². The van der Waals surface area contributed by atoms with Crippen molar-refractivity contribution in [3.63, 3.8) is 0 Å². The number of para-hydroxylation sites is 2. The minimum absolute atomic E-state index is 0.0465. The van der Waals surface area contributed by atoms with Crippen LogP contribution in [0, 0.1) is 0 Å². The number of hydrogen-bond acceptors (Lipinski definition) is 16. The molecule has 0 saturated heterocycles. The lowest BCUT2D eigenvalue weighted by Crippen LogP contribution is -2.33. The summed E-state index contributed by atoms with van der Waals surface area (Å²) < 4.78 is 0. The standard InChI is InChI=1S/C24H30N12O4/c1-33(2)21-26-19(25)27-24(31-21)36(12-13-8-6-10-15(37)17(13)39)32-20-28-22(34(3)4)30-23(29-20)35(5)14-9-7-11-16(38)18(14)40/h6-11,37-40H,12H2,1-5H3,(H2,25,26,27,31)(H,28,29,30,32). The maximum atomic E-state index is 10.5. The molecule has 16 nitrogen and oxygen atoms in total. The predicted octanol–water partition coefficient (Wildman–Crippen LogP) is 1.39. The van der Waals surface area contributed by atoms with Crippen molar-refractivity contribution in [3.8, 4) is 23.0 Å². The molecular formula is C24H30N12O4. The summed E-state index contributed by atoms with van der Waals surface area (Å²) in [6, 6.07) is 9.08. The smallest absolute Gasteiger partial charge is 0.251 e. The molecule has 0 fully saturated rings. The second-order valence-corrected chi connectivity index (χ2v) is 9.03. The van der Waals surface area contributed by atoms with Gasteiger partial charge in [0, 0.05) is 40.8 Å². The molecular weight excluding hydrogens is 520 g/mol. The number of aromatic hydroxyl groups is 4. The Morgan fingerprint density at radius 2 is 1.23 bits per heavy atom. The first-order valence-corrected chi connectivity index (χ1v) is 11.9. The summed E-state index contributed by atoms with van der Waals surface area (Å²) in [7, 11) is 8.59. The van der Waals surface area contributed by atoms with E-state index in [4.69, 9.17) is 5.73 Å². The number of hydrazine groups is 1. The van der Waals surface area contributed by atoms with Crippen LogP contribution in [0.25, 0.3) is 0 Å². The molecule has 0 amide bonds. The number of hydrogen-bond donors (Lipinski definition) is 6. The summed E-state index contributed by atoms with van der Waals surface area (Å²) in [5, 5.41) is 42.3. The van der Waals surface area contributed by atoms with Gasteiger partial charge in [-0.2, -0.15) is 29.9 Å². The second kappa shape index (κ2) is 11.1. The molecule has 0 unspecified atom stereocenters. The SMILES string of the molecule is CN(C)c1nc(N)nc(N(Cc2cccc(O)c2O)Nc2nc(N(C)C)nc(N(C)c3cccc(O)c3O)n2)n1. The summed E-state index contributed by atoms with van der Waals surface area (Å²) in [4.78, 5) is 31.0. The summed E-state index contributed by atoms with van der Waals surface area (Å²) >= 11 is 0. The molecule has 4 rings (SSSR count). The Morgan fingerprint density at radius 1 is 0.675 bits per heavy atom. The molecule has 4 aromatic rings. The lowest BCUT2D eigenvalue weighted by molar-refractivity contribution is 0.399. The van der Waals surface area contributed by atoms with Crippen molar-refractivity contribution in [3.05, 3.63) is 42.0 Å². The van der Waals surface area contributed by atoms with E-state index in [1.807, 2.05) is 0 Å². The van der Waals surface area contributed by atoms with Crippen molar-refractivity contribution in [1.82, 2.24) is 29.9 Å². The summed E-state index contributed by atoms with van der Waals surface area (Å²) in [6.45, 7) is -0.0575. The molecule has 0 aliphatic carbocycles. The lowest BCUT2D eigenvalue weighted by atomic mass is 10.2. The predicted molar refractivity (Wildman–Crippen MR) is 150 cm³/mol. The Labute approximate surface area is 229 Å². The highest BCUT2D eigenvalue weighted by molar-refractivity contribution is 5.69. The van der Waals surface area contributed by atoms with Crippen LogP contribution < -0.4 is 30.9 Å². The number of phenolic OH excluding ortho intramolecular Hbond substituents is 4. The van der Waals surface area contributed by atoms with E-state index in [0.29, 0.717) is 5.56 Å². The fourth-order valence-electron chi connectivity index (χ4n) is 3.50. The van der Waals surface area contributed by atoms with E-state index in [1.165, 1.54) is 22.0 Å². The average molecular weight is 551 g/mol. The first-order chi connectivity index (χ1) is 18.9. The Kier molecular flexibility index (Phi) is 7.60. The minimum Gasteiger partial charge on any atom is -0.504 e. The molecule has 0 radical (unpaired) electrons. The van der Waals surface area contributed by atoms with Crippen LogP contribution in [0.1, 0.15) is 5.56 Å². The first kappa shape index (κ1) is 27.5. The molecule has 7 N–H and O–H groups in total. The minimum atomic E-state index is -0.343. The van der Waals surface area contributed by atoms with Crippen LogP contribution in [0.4, 0.5) is 41.4 Å². The zero-order valence-electron chi connectivity index (χ0n) is 22.5. The maximum absolute atomic E-state index is 10.5. The van der Waals surface area contributed by atoms with E-state index in [1.54, 1.807) is 69.3 Å². The van der Waals surface area contributed by atoms with Crippen LogP contribution in [0.3, 0.4) is 0 Å². The molecule has 16 heteroatoms. The quantitative estimate of drug-likeness (QED) is 0.128. The fraction of sp³-hybridized carbons (Fsp3) is 0.250. The molecule has 2 heterocycles. The summed E-state index contributed by atoms with van der Waals surface area (Å²) in [6.07, 6.45) is 0. The second-order valence-electron chi connectivity index (χ2n) is 9.03. The van der Waals surface area contributed by atoms with E-state index < -0.39 is 0 Å². The molecule has 0 atom stereocenters. The van der Waals surface area contributed by atoms with Gasteiger partial charge in [0.05, 0.1) is 12.2 Å². The molecule has 0 bridgehead atoms. The maximum Gasteiger partial charge on any atom is 0.251 e. The van der Waals surface area contributed by atoms with Crippen LogP contribution >= 0.6 is 0 Å². The Morgan fingerprint density at radius 3 is 1.90 bits per heavy atom. The van der Waals surface area contributed by atoms with Gasteiger partial charge in [0.25, 0.3) is 5.95 Å². The Balaban J connectivity index is 1.81. The molecule has 2 aromatic heterocycles. The number of nitrogens with one attached hydrogen (secondary N) is 1. The normalized spacial score (nSPS) is 10.7. The average Bonchev–Trinajstić information content (AvgIpc) is 2.91. The molecule has 0 saturated carbocycles. The monoisotopic (exact) mass is 550 g/mol. The van der Waals surface area contributed by atoms with Crippen molar-refractivity contribution < 1.29 is 20.4 Å². The third-order valence-corrected chi connectivity index (χ3v) is 5.60. The largest absolute Gasteiger partial charge is 0.504 e. The van der Waals surface area contributed by atoms with Crippen LogP contribution in [0.5, 0.6) is 23.0 Å². The van der Waals surface area contributed by atoms with E-state index >= 15 is 0 Å². The van der Waals surface area contributed by atoms with Crippen molar-refractivity contribution in [2.45, 2.75) is 6.54 Å². The number of aromatic nitrogens is 6. The zero-order valence-corrected chi connectivity index (χ0v) is 22.5. The third-order valence-electron chi connectivity index (χ3n) is 5.60. The highest BCUT2D eigenvalue weighted by Gasteiger charge is 2.22. The number of anilines is 7. The van der Waals surface area contributed by atoms with Gasteiger partial charge in [-0.05, 0) is 18.2 Å². The van der Waals surface area contributed by atoms with Crippen molar-refractivity contribution in [2.75, 3.05) is 66.1 Å². The van der Waals surface area contributed by atoms with Gasteiger partial charge in [-0.3, -0.25) is 5.43 Å². The highest BCUT2D eigenvalue weighted by atomic mass is 16.3. The van der Waals surface area contributed by atoms with Gasteiger partial charge in [0.2, 0.25) is 29.7 Å². The van der Waals surface area contributed by atoms with Gasteiger partial charge in [-0.25, -0.2) is 5.01 Å². The number of nitrogens with zero attached hydrogens (tertiary/aromatic N) is 10. The molecule has 0 aliphatic heterocycles. The summed E-state index contributed by atoms with van der Waals surface area (Å²) in [5.74, 6) is -0.523. The van der Waals surface area contributed by atoms with Gasteiger partial charge in [-0.1, -0.05) is 18.2 Å². The fourth-order valence-corrected chi connectivity index (χ4v) is 3.50. The van der Waals surface area contributed by atoms with Crippen LogP contribution in [-0.2, 0) is 6.54 Å². The number of nitrogen functional groups attached to an aromatic ring is 1. The van der Waals surface area contributed by atoms with Crippen LogP contribution in [0.15, 0.2) is 36.4 Å². The van der Waals surface area contributed by atoms with E-state index in [0.717, 1.165) is 0 Å². The summed E-state index contributed by atoms with van der Waals surface area (Å²) in [5.41, 5.74) is 9.59. The number of nitrogens with two attached hydrogens (primary N) is 1. The molecule has 0 spiro atoms. The lowest BCUT2D eigenvalue weighted by Gasteiger charge is -2.26. The van der Waals surface area contributed by atoms with Gasteiger partial charge >= 0.3 is 0 Å². The molecule has 0 aliphatic rings.